The molecule has 0 radical (unpaired) electrons. The average molecular weight is 715 g/mol. The molecule has 0 aromatic heterocycles. The second-order valence-electron chi connectivity index (χ2n) is 24.2. The van der Waals surface area contributed by atoms with Crippen molar-refractivity contribution in [3.8, 4) is 0 Å². The summed E-state index contributed by atoms with van der Waals surface area (Å²) in [6.45, 7) is 0. The molecule has 0 bridgehead atoms. The third-order valence-corrected chi connectivity index (χ3v) is 28.7. The summed E-state index contributed by atoms with van der Waals surface area (Å²) >= 11 is 0. The Bertz CT molecular complexity index is 2130. The Labute approximate surface area is 315 Å². The van der Waals surface area contributed by atoms with Gasteiger partial charge in [0.2, 0.25) is 0 Å². The minimum Gasteiger partial charge on any atom is -0.313 e. The van der Waals surface area contributed by atoms with E-state index in [1.165, 1.54) is 36.3 Å². The van der Waals surface area contributed by atoms with E-state index in [-0.39, 0.29) is 5.16 Å². The number of rotatable bonds is 3. The quantitative estimate of drug-likeness (QED) is 0.229. The Hall–Kier alpha value is -1.59. The van der Waals surface area contributed by atoms with E-state index >= 15 is 4.57 Å². The third-order valence-electron chi connectivity index (χ3n) is 24.7. The molecule has 16 aliphatic carbocycles. The lowest BCUT2D eigenvalue weighted by molar-refractivity contribution is -0.151. The van der Waals surface area contributed by atoms with E-state index in [2.05, 4.69) is 66.7 Å². The molecule has 15 fully saturated rings. The van der Waals surface area contributed by atoms with E-state index in [1.54, 1.807) is 25.7 Å². The van der Waals surface area contributed by atoms with Gasteiger partial charge in [0.15, 0.2) is 0 Å². The first-order valence-electron chi connectivity index (χ1n) is 23.6. The van der Waals surface area contributed by atoms with Gasteiger partial charge in [-0.3, -0.25) is 0 Å². The monoisotopic (exact) mass is 714 g/mol. The van der Waals surface area contributed by atoms with Crippen molar-refractivity contribution in [3.63, 3.8) is 0 Å². The standard InChI is InChI=1S/C51H55OP/c52-53(28-7-3-1-4-8-28,29-9-5-2-6-10-29)51-18-26-16-24-14-22-13-23-12-20-11-21-15-25-17-27(19-51)37-42-35(25)40-31(21)30(20)38-34(23)39-32(22)33(24)41-36(26)49(50(37)51)48-46(41)44(39)43(38)45(40)47(42)48/h1-10,15,20-24,26-27,30-50H,11-14,16-19H2. The molecular weight excluding hydrogens is 660 g/mol. The van der Waals surface area contributed by atoms with Gasteiger partial charge in [-0.2, -0.15) is 0 Å². The van der Waals surface area contributed by atoms with Crippen LogP contribution in [0.2, 0.25) is 0 Å². The van der Waals surface area contributed by atoms with Crippen LogP contribution in [0.5, 0.6) is 0 Å². The predicted molar refractivity (Wildman–Crippen MR) is 205 cm³/mol. The van der Waals surface area contributed by atoms with Crippen LogP contribution in [0.25, 0.3) is 0 Å². The fraction of sp³-hybridized carbons (Fsp3) is 0.725. The molecule has 0 amide bonds. The first kappa shape index (κ1) is 27.9. The molecule has 29 atom stereocenters. The van der Waals surface area contributed by atoms with Crippen molar-refractivity contribution in [2.45, 2.75) is 56.5 Å². The molecule has 2 aromatic carbocycles. The fourth-order valence-electron chi connectivity index (χ4n) is 26.1. The Morgan fingerprint density at radius 1 is 0.434 bits per heavy atom. The SMILES string of the molecule is O=P(c1ccccc1)(c1ccccc1)C12CC3CC4CC5CC6CC7CC8C=C9CC(C1)C1C%10C9C9C8C7C7C6C6C5C4C4C3C(C3C%10C9C7C6C43)C12. The molecule has 0 aliphatic heterocycles. The van der Waals surface area contributed by atoms with E-state index in [0.29, 0.717) is 5.92 Å². The van der Waals surface area contributed by atoms with E-state index in [4.69, 9.17) is 0 Å². The summed E-state index contributed by atoms with van der Waals surface area (Å²) in [5, 5.41) is 2.40. The van der Waals surface area contributed by atoms with Gasteiger partial charge >= 0.3 is 0 Å². The van der Waals surface area contributed by atoms with Crippen LogP contribution >= 0.6 is 7.14 Å². The Morgan fingerprint density at radius 2 is 0.887 bits per heavy atom. The van der Waals surface area contributed by atoms with Crippen LogP contribution in [-0.2, 0) is 4.57 Å². The van der Waals surface area contributed by atoms with E-state index in [0.717, 1.165) is 160 Å². The van der Waals surface area contributed by atoms with E-state index in [9.17, 15) is 0 Å². The molecule has 0 N–H and O–H groups in total. The van der Waals surface area contributed by atoms with Crippen LogP contribution < -0.4 is 10.6 Å². The number of benzene rings is 2. The predicted octanol–water partition coefficient (Wildman–Crippen LogP) is 9.26. The molecule has 2 heteroatoms. The summed E-state index contributed by atoms with van der Waals surface area (Å²) in [5.74, 6) is 28.6. The maximum atomic E-state index is 17.5. The number of allylic oxidation sites excluding steroid dienone is 2. The van der Waals surface area contributed by atoms with Crippen LogP contribution in [0.4, 0.5) is 0 Å². The van der Waals surface area contributed by atoms with Crippen molar-refractivity contribution in [1.82, 2.24) is 0 Å². The number of hydrogen-bond donors (Lipinski definition) is 0. The third kappa shape index (κ3) is 2.45. The molecule has 0 spiro atoms. The first-order valence-corrected chi connectivity index (χ1v) is 25.3. The highest BCUT2D eigenvalue weighted by Crippen LogP contribution is 2.93. The average Bonchev–Trinajstić information content (AvgIpc) is 4.02. The Morgan fingerprint density at radius 3 is 1.53 bits per heavy atom. The number of hydrogen-bond acceptors (Lipinski definition) is 1. The van der Waals surface area contributed by atoms with Crippen LogP contribution in [-0.4, -0.2) is 5.16 Å². The van der Waals surface area contributed by atoms with Gasteiger partial charge in [-0.25, -0.2) is 0 Å². The molecule has 16 aliphatic rings. The molecule has 29 unspecified atom stereocenters. The topological polar surface area (TPSA) is 17.1 Å². The second-order valence-corrected chi connectivity index (χ2v) is 27.3. The van der Waals surface area contributed by atoms with E-state index in [1.807, 2.05) is 5.57 Å². The van der Waals surface area contributed by atoms with Crippen LogP contribution in [0.15, 0.2) is 72.3 Å². The van der Waals surface area contributed by atoms with Crippen molar-refractivity contribution in [3.05, 3.63) is 72.3 Å². The zero-order chi connectivity index (χ0) is 33.3. The maximum absolute atomic E-state index is 17.5. The highest BCUT2D eigenvalue weighted by atomic mass is 31.2. The van der Waals surface area contributed by atoms with Crippen molar-refractivity contribution in [2.75, 3.05) is 0 Å². The lowest BCUT2D eigenvalue weighted by Gasteiger charge is -2.63. The maximum Gasteiger partial charge on any atom is 0.149 e. The van der Waals surface area contributed by atoms with Crippen molar-refractivity contribution >= 4 is 17.8 Å². The highest BCUT2D eigenvalue weighted by Gasteiger charge is 2.89. The molecule has 1 nitrogen and oxygen atoms in total. The van der Waals surface area contributed by atoms with Crippen molar-refractivity contribution in [2.24, 2.45) is 166 Å². The summed E-state index contributed by atoms with van der Waals surface area (Å²) in [7, 11) is -2.95. The second kappa shape index (κ2) is 8.21. The van der Waals surface area contributed by atoms with Gasteiger partial charge in [-0.05, 0) is 217 Å². The molecule has 53 heavy (non-hydrogen) atoms. The van der Waals surface area contributed by atoms with Crippen LogP contribution in [0.1, 0.15) is 51.4 Å². The molecule has 2 aromatic rings. The molecule has 0 heterocycles. The molecular formula is C51H55OP. The fourth-order valence-corrected chi connectivity index (χ4v) is 30.4. The van der Waals surface area contributed by atoms with Crippen molar-refractivity contribution < 1.29 is 4.57 Å². The molecule has 0 saturated heterocycles. The van der Waals surface area contributed by atoms with Gasteiger partial charge in [0.05, 0.1) is 0 Å². The van der Waals surface area contributed by atoms with Gasteiger partial charge in [0.25, 0.3) is 0 Å². The minimum absolute atomic E-state index is 0.0461. The van der Waals surface area contributed by atoms with Crippen molar-refractivity contribution in [1.29, 1.82) is 0 Å². The normalized spacial score (nSPS) is 68.4. The molecule has 15 saturated carbocycles. The lowest BCUT2D eigenvalue weighted by atomic mass is 9.43. The summed E-state index contributed by atoms with van der Waals surface area (Å²) in [6, 6.07) is 22.7. The van der Waals surface area contributed by atoms with Crippen LogP contribution in [0.3, 0.4) is 0 Å². The van der Waals surface area contributed by atoms with Gasteiger partial charge in [-0.15, -0.1) is 0 Å². The molecule has 270 valence electrons. The van der Waals surface area contributed by atoms with E-state index < -0.39 is 7.14 Å². The van der Waals surface area contributed by atoms with Gasteiger partial charge < -0.3 is 4.57 Å². The van der Waals surface area contributed by atoms with Gasteiger partial charge in [0, 0.05) is 15.8 Å². The minimum atomic E-state index is -2.95. The van der Waals surface area contributed by atoms with Gasteiger partial charge in [0.1, 0.15) is 7.14 Å². The first-order chi connectivity index (χ1) is 26.2. The smallest absolute Gasteiger partial charge is 0.149 e. The summed E-state index contributed by atoms with van der Waals surface area (Å²) < 4.78 is 17.5. The zero-order valence-electron chi connectivity index (χ0n) is 31.0. The van der Waals surface area contributed by atoms with Gasteiger partial charge in [-0.1, -0.05) is 72.3 Å². The summed E-state index contributed by atoms with van der Waals surface area (Å²) in [6.07, 6.45) is 15.2. The Balaban J connectivity index is 0.972. The lowest BCUT2D eigenvalue weighted by Crippen LogP contribution is -2.61. The summed E-state index contributed by atoms with van der Waals surface area (Å²) in [4.78, 5) is 0. The molecule has 18 rings (SSSR count). The van der Waals surface area contributed by atoms with Crippen LogP contribution in [0, 0.1) is 166 Å². The zero-order valence-corrected chi connectivity index (χ0v) is 31.9. The Kier molecular flexibility index (Phi) is 4.33. The highest BCUT2D eigenvalue weighted by molar-refractivity contribution is 7.80. The summed E-state index contributed by atoms with van der Waals surface area (Å²) in [5.41, 5.74) is 2.03. The largest absolute Gasteiger partial charge is 0.313 e.